The molecule has 23 heavy (non-hydrogen) atoms. The van der Waals surface area contributed by atoms with Gasteiger partial charge < -0.3 is 9.71 Å². The number of halogens is 2. The molecule has 0 saturated heterocycles. The van der Waals surface area contributed by atoms with Crippen LogP contribution in [0, 0.1) is 23.0 Å². The molecule has 0 amide bonds. The minimum absolute atomic E-state index is 0.00559. The Morgan fingerprint density at radius 2 is 1.83 bits per heavy atom. The normalized spacial score (nSPS) is 10.3. The molecule has 3 rings (SSSR count). The van der Waals surface area contributed by atoms with Crippen LogP contribution in [0.25, 0.3) is 11.3 Å². The number of aromatic amines is 1. The molecule has 1 aromatic heterocycles. The van der Waals surface area contributed by atoms with Crippen LogP contribution in [0.2, 0.25) is 0 Å². The number of nitrogens with one attached hydrogen (secondary N) is 2. The monoisotopic (exact) mass is 327 g/mol. The van der Waals surface area contributed by atoms with Crippen molar-refractivity contribution in [2.75, 3.05) is 4.72 Å². The Hall–Kier alpha value is -2.78. The summed E-state index contributed by atoms with van der Waals surface area (Å²) in [4.78, 5) is 3.96. The largest absolute Gasteiger partial charge is 0.360 e. The molecule has 1 heterocycles. The fraction of sp³-hybridized carbons (Fsp3) is 0. The topological polar surface area (TPSA) is 51.6 Å². The van der Waals surface area contributed by atoms with Crippen LogP contribution in [0.5, 0.6) is 0 Å². The fourth-order valence-electron chi connectivity index (χ4n) is 2.05. The summed E-state index contributed by atoms with van der Waals surface area (Å²) in [6.07, 6.45) is 1.78. The molecule has 0 aliphatic rings. The first-order valence-electron chi connectivity index (χ1n) is 6.74. The molecule has 0 unspecified atom stereocenters. The lowest BCUT2D eigenvalue weighted by Gasteiger charge is -2.06. The molecule has 6 heteroatoms. The molecule has 0 atom stereocenters. The minimum Gasteiger partial charge on any atom is -0.360 e. The molecule has 3 nitrogen and oxygen atoms in total. The lowest BCUT2D eigenvalue weighted by atomic mass is 10.2. The number of benzene rings is 2. The van der Waals surface area contributed by atoms with Crippen LogP contribution in [0.3, 0.4) is 0 Å². The van der Waals surface area contributed by atoms with E-state index in [0.29, 0.717) is 0 Å². The number of nitrogens with zero attached hydrogens (tertiary/aromatic N) is 1. The summed E-state index contributed by atoms with van der Waals surface area (Å²) in [7, 11) is 0. The number of hydrogen-bond acceptors (Lipinski definition) is 3. The maximum absolute atomic E-state index is 13.8. The number of H-pyrrole nitrogens is 1. The van der Waals surface area contributed by atoms with Gasteiger partial charge in [-0.1, -0.05) is 30.3 Å². The molecule has 0 saturated carbocycles. The van der Waals surface area contributed by atoms with Crippen LogP contribution in [-0.2, 0) is 0 Å². The van der Waals surface area contributed by atoms with E-state index in [1.54, 1.807) is 12.3 Å². The number of nitriles is 1. The van der Waals surface area contributed by atoms with Crippen molar-refractivity contribution in [1.29, 1.82) is 5.26 Å². The quantitative estimate of drug-likeness (QED) is 0.667. The first-order chi connectivity index (χ1) is 11.2. The van der Waals surface area contributed by atoms with Gasteiger partial charge in [0.2, 0.25) is 0 Å². The highest BCUT2D eigenvalue weighted by Gasteiger charge is 2.13. The second-order valence-electron chi connectivity index (χ2n) is 4.72. The van der Waals surface area contributed by atoms with Gasteiger partial charge in [0.1, 0.15) is 6.07 Å². The van der Waals surface area contributed by atoms with E-state index in [1.165, 1.54) is 12.1 Å². The highest BCUT2D eigenvalue weighted by Crippen LogP contribution is 2.28. The summed E-state index contributed by atoms with van der Waals surface area (Å²) in [6, 6.07) is 15.9. The Balaban J connectivity index is 1.74. The van der Waals surface area contributed by atoms with Gasteiger partial charge in [-0.15, -0.1) is 0 Å². The van der Waals surface area contributed by atoms with Crippen molar-refractivity contribution in [3.05, 3.63) is 71.9 Å². The van der Waals surface area contributed by atoms with Gasteiger partial charge in [0.15, 0.2) is 11.6 Å². The molecule has 114 valence electrons. The van der Waals surface area contributed by atoms with Gasteiger partial charge in [0, 0.05) is 16.8 Å². The van der Waals surface area contributed by atoms with Gasteiger partial charge in [0.05, 0.1) is 11.3 Å². The van der Waals surface area contributed by atoms with Crippen LogP contribution in [-0.4, -0.2) is 4.98 Å². The molecule has 0 bridgehead atoms. The van der Waals surface area contributed by atoms with Crippen molar-refractivity contribution in [2.45, 2.75) is 4.90 Å². The van der Waals surface area contributed by atoms with E-state index < -0.39 is 11.6 Å². The SMILES string of the molecule is N#Cc1ccc(NSc2c[nH]c(-c3ccccc3)c2)c(F)c1F. The molecular formula is C17H11F2N3S. The lowest BCUT2D eigenvalue weighted by molar-refractivity contribution is 0.510. The molecule has 0 radical (unpaired) electrons. The molecule has 2 N–H and O–H groups in total. The zero-order chi connectivity index (χ0) is 16.2. The van der Waals surface area contributed by atoms with E-state index >= 15 is 0 Å². The number of anilines is 1. The van der Waals surface area contributed by atoms with Crippen molar-refractivity contribution in [2.24, 2.45) is 0 Å². The summed E-state index contributed by atoms with van der Waals surface area (Å²) in [5, 5.41) is 8.67. The zero-order valence-corrected chi connectivity index (χ0v) is 12.6. The fourth-order valence-corrected chi connectivity index (χ4v) is 2.73. The predicted octanol–water partition coefficient (Wildman–Crippen LogP) is 4.95. The molecule has 0 spiro atoms. The maximum Gasteiger partial charge on any atom is 0.184 e. The van der Waals surface area contributed by atoms with Crippen LogP contribution in [0.4, 0.5) is 14.5 Å². The first-order valence-corrected chi connectivity index (χ1v) is 7.55. The average molecular weight is 327 g/mol. The van der Waals surface area contributed by atoms with Gasteiger partial charge >= 0.3 is 0 Å². The Kier molecular flexibility index (Phi) is 4.31. The van der Waals surface area contributed by atoms with Crippen LogP contribution in [0.1, 0.15) is 5.56 Å². The summed E-state index contributed by atoms with van der Waals surface area (Å²) >= 11 is 1.15. The predicted molar refractivity (Wildman–Crippen MR) is 86.8 cm³/mol. The van der Waals surface area contributed by atoms with E-state index in [4.69, 9.17) is 5.26 Å². The summed E-state index contributed by atoms with van der Waals surface area (Å²) in [6.45, 7) is 0. The average Bonchev–Trinajstić information content (AvgIpc) is 3.06. The Morgan fingerprint density at radius 3 is 2.57 bits per heavy atom. The van der Waals surface area contributed by atoms with Gasteiger partial charge in [0.25, 0.3) is 0 Å². The zero-order valence-electron chi connectivity index (χ0n) is 11.8. The maximum atomic E-state index is 13.8. The number of hydrogen-bond donors (Lipinski definition) is 2. The summed E-state index contributed by atoms with van der Waals surface area (Å²) in [5.74, 6) is -2.20. The Morgan fingerprint density at radius 1 is 1.04 bits per heavy atom. The molecule has 0 aliphatic heterocycles. The van der Waals surface area contributed by atoms with Crippen LogP contribution in [0.15, 0.2) is 59.6 Å². The molecule has 0 fully saturated rings. The van der Waals surface area contributed by atoms with E-state index in [2.05, 4.69) is 9.71 Å². The van der Waals surface area contributed by atoms with Crippen LogP contribution < -0.4 is 4.72 Å². The molecular weight excluding hydrogens is 316 g/mol. The smallest absolute Gasteiger partial charge is 0.184 e. The van der Waals surface area contributed by atoms with E-state index in [9.17, 15) is 8.78 Å². The van der Waals surface area contributed by atoms with Crippen LogP contribution >= 0.6 is 11.9 Å². The van der Waals surface area contributed by atoms with E-state index in [1.807, 2.05) is 36.4 Å². The second kappa shape index (κ2) is 6.55. The van der Waals surface area contributed by atoms with Gasteiger partial charge in [-0.25, -0.2) is 8.78 Å². The van der Waals surface area contributed by atoms with E-state index in [-0.39, 0.29) is 11.3 Å². The summed E-state index contributed by atoms with van der Waals surface area (Å²) < 4.78 is 30.1. The Labute approximate surface area is 136 Å². The number of aromatic nitrogens is 1. The van der Waals surface area contributed by atoms with Crippen molar-refractivity contribution in [3.63, 3.8) is 0 Å². The highest BCUT2D eigenvalue weighted by molar-refractivity contribution is 8.00. The standard InChI is InChI=1S/C17H11F2N3S/c18-16-12(9-20)6-7-14(17(16)19)22-23-13-8-15(21-10-13)11-4-2-1-3-5-11/h1-8,10,21-22H. The minimum atomic E-state index is -1.14. The molecule has 3 aromatic rings. The van der Waals surface area contributed by atoms with Gasteiger partial charge in [-0.2, -0.15) is 5.26 Å². The Bertz CT molecular complexity index is 869. The molecule has 0 aliphatic carbocycles. The van der Waals surface area contributed by atoms with Gasteiger partial charge in [-0.05, 0) is 35.7 Å². The summed E-state index contributed by atoms with van der Waals surface area (Å²) in [5.41, 5.74) is 1.65. The highest BCUT2D eigenvalue weighted by atomic mass is 32.2. The van der Waals surface area contributed by atoms with Crippen molar-refractivity contribution >= 4 is 17.6 Å². The third-order valence-corrected chi connectivity index (χ3v) is 4.02. The van der Waals surface area contributed by atoms with Gasteiger partial charge in [-0.3, -0.25) is 0 Å². The van der Waals surface area contributed by atoms with Crippen molar-refractivity contribution in [3.8, 4) is 17.3 Å². The third kappa shape index (κ3) is 3.20. The molecule has 2 aromatic carbocycles. The second-order valence-corrected chi connectivity index (χ2v) is 5.60. The third-order valence-electron chi connectivity index (χ3n) is 3.22. The van der Waals surface area contributed by atoms with E-state index in [0.717, 1.165) is 28.1 Å². The first kappa shape index (κ1) is 15.1. The van der Waals surface area contributed by atoms with Crippen molar-refractivity contribution in [1.82, 2.24) is 4.98 Å². The van der Waals surface area contributed by atoms with Crippen molar-refractivity contribution < 1.29 is 8.78 Å². The lowest BCUT2D eigenvalue weighted by Crippen LogP contribution is -1.96. The number of rotatable bonds is 4.